The van der Waals surface area contributed by atoms with Gasteiger partial charge in [0.1, 0.15) is 5.75 Å². The number of hydrogen-bond donors (Lipinski definition) is 1. The molecule has 2 fully saturated rings. The van der Waals surface area contributed by atoms with Crippen LogP contribution in [0.3, 0.4) is 0 Å². The number of aromatic hydroxyl groups is 1. The van der Waals surface area contributed by atoms with Crippen molar-refractivity contribution in [2.24, 2.45) is 0 Å². The van der Waals surface area contributed by atoms with Crippen molar-refractivity contribution in [2.45, 2.75) is 43.6 Å². The Labute approximate surface area is 115 Å². The van der Waals surface area contributed by atoms with Gasteiger partial charge >= 0.3 is 0 Å². The molecule has 1 atom stereocenters. The van der Waals surface area contributed by atoms with E-state index in [1.165, 1.54) is 37.7 Å². The highest BCUT2D eigenvalue weighted by Crippen LogP contribution is 2.45. The number of rotatable bonds is 1. The fourth-order valence-corrected chi connectivity index (χ4v) is 3.63. The van der Waals surface area contributed by atoms with Gasteiger partial charge in [-0.2, -0.15) is 0 Å². The normalized spacial score (nSPS) is 27.5. The zero-order valence-corrected chi connectivity index (χ0v) is 11.6. The predicted octanol–water partition coefficient (Wildman–Crippen LogP) is 3.10. The van der Waals surface area contributed by atoms with Gasteiger partial charge in [0.2, 0.25) is 0 Å². The molecule has 3 nitrogen and oxygen atoms in total. The second-order valence-corrected chi connectivity index (χ2v) is 6.08. The second kappa shape index (κ2) is 5.14. The topological polar surface area (TPSA) is 32.7 Å². The van der Waals surface area contributed by atoms with Gasteiger partial charge in [-0.1, -0.05) is 31.4 Å². The maximum absolute atomic E-state index is 9.47. The lowest BCUT2D eigenvalue weighted by Gasteiger charge is -2.49. The van der Waals surface area contributed by atoms with Crippen LogP contribution in [0.2, 0.25) is 0 Å². The Hall–Kier alpha value is -1.06. The minimum Gasteiger partial charge on any atom is -0.508 e. The minimum absolute atomic E-state index is 0.0295. The average Bonchev–Trinajstić information content (AvgIpc) is 2.44. The van der Waals surface area contributed by atoms with E-state index in [2.05, 4.69) is 24.1 Å². The summed E-state index contributed by atoms with van der Waals surface area (Å²) in [6, 6.07) is 7.69. The van der Waals surface area contributed by atoms with E-state index in [-0.39, 0.29) is 5.60 Å². The van der Waals surface area contributed by atoms with Crippen LogP contribution in [-0.4, -0.2) is 35.9 Å². The van der Waals surface area contributed by atoms with Gasteiger partial charge < -0.3 is 9.84 Å². The van der Waals surface area contributed by atoms with Crippen molar-refractivity contribution in [3.63, 3.8) is 0 Å². The molecule has 1 spiro atoms. The lowest BCUT2D eigenvalue weighted by Crippen LogP contribution is -2.52. The van der Waals surface area contributed by atoms with Gasteiger partial charge in [-0.3, -0.25) is 4.90 Å². The van der Waals surface area contributed by atoms with Crippen molar-refractivity contribution in [3.8, 4) is 5.75 Å². The molecule has 3 heteroatoms. The highest BCUT2D eigenvalue weighted by molar-refractivity contribution is 5.31. The molecule has 1 saturated heterocycles. The third-order valence-electron chi connectivity index (χ3n) is 4.70. The Balaban J connectivity index is 1.91. The Morgan fingerprint density at radius 2 is 1.84 bits per heavy atom. The first-order valence-corrected chi connectivity index (χ1v) is 7.31. The van der Waals surface area contributed by atoms with Crippen LogP contribution < -0.4 is 0 Å². The molecular formula is C16H23NO2. The van der Waals surface area contributed by atoms with Gasteiger partial charge in [-0.05, 0) is 37.6 Å². The highest BCUT2D eigenvalue weighted by atomic mass is 16.5. The molecule has 0 radical (unpaired) electrons. The van der Waals surface area contributed by atoms with Crippen molar-refractivity contribution in [2.75, 3.05) is 20.3 Å². The fourth-order valence-electron chi connectivity index (χ4n) is 3.63. The molecule has 1 aromatic carbocycles. The number of hydrogen-bond acceptors (Lipinski definition) is 3. The fraction of sp³-hybridized carbons (Fsp3) is 0.625. The molecule has 0 amide bonds. The van der Waals surface area contributed by atoms with Gasteiger partial charge in [0.05, 0.1) is 12.3 Å². The van der Waals surface area contributed by atoms with Crippen molar-refractivity contribution in [1.82, 2.24) is 4.90 Å². The average molecular weight is 261 g/mol. The summed E-state index contributed by atoms with van der Waals surface area (Å²) in [5.41, 5.74) is 1.33. The number of phenolic OH excluding ortho intramolecular Hbond substituents is 1. The predicted molar refractivity (Wildman–Crippen MR) is 75.2 cm³/mol. The van der Waals surface area contributed by atoms with Crippen LogP contribution in [-0.2, 0) is 4.74 Å². The zero-order chi connectivity index (χ0) is 13.3. The summed E-state index contributed by atoms with van der Waals surface area (Å²) < 4.78 is 6.28. The van der Waals surface area contributed by atoms with Crippen LogP contribution in [0.4, 0.5) is 0 Å². The van der Waals surface area contributed by atoms with Gasteiger partial charge in [-0.25, -0.2) is 0 Å². The number of ether oxygens (including phenoxy) is 1. The molecule has 2 aliphatic rings. The minimum atomic E-state index is 0.0295. The molecule has 0 aromatic heterocycles. The molecule has 3 rings (SSSR count). The third kappa shape index (κ3) is 2.49. The monoisotopic (exact) mass is 261 g/mol. The molecule has 1 aliphatic carbocycles. The first-order chi connectivity index (χ1) is 9.20. The molecule has 1 unspecified atom stereocenters. The van der Waals surface area contributed by atoms with Crippen molar-refractivity contribution >= 4 is 0 Å². The third-order valence-corrected chi connectivity index (χ3v) is 4.70. The van der Waals surface area contributed by atoms with Gasteiger partial charge in [0.15, 0.2) is 0 Å². The number of benzene rings is 1. The van der Waals surface area contributed by atoms with E-state index in [0.717, 1.165) is 13.3 Å². The van der Waals surface area contributed by atoms with Crippen LogP contribution in [0.15, 0.2) is 24.3 Å². The SMILES string of the molecule is CN1COC2(CCCCC2)C(c2ccc(O)cc2)C1. The quantitative estimate of drug-likeness (QED) is 0.843. The summed E-state index contributed by atoms with van der Waals surface area (Å²) in [5.74, 6) is 0.763. The molecule has 104 valence electrons. The van der Waals surface area contributed by atoms with Gasteiger partial charge in [0.25, 0.3) is 0 Å². The van der Waals surface area contributed by atoms with E-state index < -0.39 is 0 Å². The first-order valence-electron chi connectivity index (χ1n) is 7.31. The summed E-state index contributed by atoms with van der Waals surface area (Å²) in [7, 11) is 2.11. The summed E-state index contributed by atoms with van der Waals surface area (Å²) in [6.07, 6.45) is 6.23. The van der Waals surface area contributed by atoms with E-state index in [9.17, 15) is 5.11 Å². The van der Waals surface area contributed by atoms with Crippen molar-refractivity contribution in [1.29, 1.82) is 0 Å². The standard InChI is InChI=1S/C16H23NO2/c1-17-11-15(13-5-7-14(18)8-6-13)16(19-12-17)9-3-2-4-10-16/h5-8,15,18H,2-4,9-12H2,1H3. The summed E-state index contributed by atoms with van der Waals surface area (Å²) in [6.45, 7) is 1.79. The van der Waals surface area contributed by atoms with Gasteiger partial charge in [0, 0.05) is 12.5 Å². The van der Waals surface area contributed by atoms with Crippen LogP contribution in [0.1, 0.15) is 43.6 Å². The molecular weight excluding hydrogens is 238 g/mol. The Morgan fingerprint density at radius 3 is 2.53 bits per heavy atom. The molecule has 1 N–H and O–H groups in total. The first kappa shape index (κ1) is 12.9. The smallest absolute Gasteiger partial charge is 0.115 e. The number of phenols is 1. The van der Waals surface area contributed by atoms with Crippen LogP contribution in [0.5, 0.6) is 5.75 Å². The van der Waals surface area contributed by atoms with Crippen LogP contribution in [0, 0.1) is 0 Å². The van der Waals surface area contributed by atoms with E-state index in [1.807, 2.05) is 0 Å². The Bertz CT molecular complexity index is 423. The van der Waals surface area contributed by atoms with E-state index >= 15 is 0 Å². The molecule has 0 bridgehead atoms. The van der Waals surface area contributed by atoms with E-state index in [1.54, 1.807) is 12.1 Å². The lowest BCUT2D eigenvalue weighted by molar-refractivity contribution is -0.161. The maximum atomic E-state index is 9.47. The molecule has 1 aliphatic heterocycles. The molecule has 1 heterocycles. The van der Waals surface area contributed by atoms with Crippen LogP contribution in [0.25, 0.3) is 0 Å². The largest absolute Gasteiger partial charge is 0.508 e. The van der Waals surface area contributed by atoms with Crippen LogP contribution >= 0.6 is 0 Å². The van der Waals surface area contributed by atoms with Crippen molar-refractivity contribution in [3.05, 3.63) is 29.8 Å². The number of nitrogens with zero attached hydrogens (tertiary/aromatic N) is 1. The van der Waals surface area contributed by atoms with E-state index in [0.29, 0.717) is 11.7 Å². The maximum Gasteiger partial charge on any atom is 0.115 e. The Morgan fingerprint density at radius 1 is 1.16 bits per heavy atom. The van der Waals surface area contributed by atoms with Crippen molar-refractivity contribution < 1.29 is 9.84 Å². The van der Waals surface area contributed by atoms with E-state index in [4.69, 9.17) is 4.74 Å². The number of likely N-dealkylation sites (N-methyl/N-ethyl adjacent to an activating group) is 1. The summed E-state index contributed by atoms with van der Waals surface area (Å²) in [5, 5.41) is 9.47. The second-order valence-electron chi connectivity index (χ2n) is 6.08. The molecule has 1 aromatic rings. The lowest BCUT2D eigenvalue weighted by atomic mass is 9.71. The molecule has 19 heavy (non-hydrogen) atoms. The van der Waals surface area contributed by atoms with Gasteiger partial charge in [-0.15, -0.1) is 0 Å². The summed E-state index contributed by atoms with van der Waals surface area (Å²) >= 11 is 0. The highest BCUT2D eigenvalue weighted by Gasteiger charge is 2.44. The molecule has 1 saturated carbocycles. The zero-order valence-electron chi connectivity index (χ0n) is 11.6. The summed E-state index contributed by atoms with van der Waals surface area (Å²) in [4.78, 5) is 2.25. The Kier molecular flexibility index (Phi) is 3.50.